The van der Waals surface area contributed by atoms with E-state index in [0.29, 0.717) is 5.56 Å². The molecule has 0 aromatic heterocycles. The molecule has 0 aliphatic heterocycles. The molecule has 0 unspecified atom stereocenters. The number of benzene rings is 1. The first-order chi connectivity index (χ1) is 7.01. The maximum Gasteiger partial charge on any atom is 0.0991 e. The summed E-state index contributed by atoms with van der Waals surface area (Å²) in [6, 6.07) is 9.09. The fourth-order valence-electron chi connectivity index (χ4n) is 0.793. The molecule has 1 aromatic rings. The molecule has 0 aliphatic rings. The fraction of sp³-hybridized carbons (Fsp3) is 0.364. The second kappa shape index (κ2) is 4.94. The molecule has 0 amide bonds. The molecule has 15 heavy (non-hydrogen) atoms. The van der Waals surface area contributed by atoms with Gasteiger partial charge in [-0.2, -0.15) is 5.26 Å². The van der Waals surface area contributed by atoms with Gasteiger partial charge in [0.25, 0.3) is 0 Å². The minimum Gasteiger partial charge on any atom is -0.192 e. The number of hydrogen-bond donors (Lipinski definition) is 0. The van der Waals surface area contributed by atoms with Crippen molar-refractivity contribution in [3.8, 4) is 6.07 Å². The SMILES string of the molecule is CC(C)(C)SN=Nc1ccc(C#N)cc1. The summed E-state index contributed by atoms with van der Waals surface area (Å²) in [7, 11) is 0. The van der Waals surface area contributed by atoms with Crippen LogP contribution in [0.3, 0.4) is 0 Å². The summed E-state index contributed by atoms with van der Waals surface area (Å²) < 4.78 is 4.11. The van der Waals surface area contributed by atoms with Crippen molar-refractivity contribution in [3.63, 3.8) is 0 Å². The molecule has 0 saturated heterocycles. The van der Waals surface area contributed by atoms with Crippen LogP contribution in [-0.4, -0.2) is 4.75 Å². The van der Waals surface area contributed by atoms with Gasteiger partial charge in [0.15, 0.2) is 0 Å². The Labute approximate surface area is 94.4 Å². The highest BCUT2D eigenvalue weighted by atomic mass is 32.2. The van der Waals surface area contributed by atoms with Gasteiger partial charge in [-0.1, -0.05) is 0 Å². The smallest absolute Gasteiger partial charge is 0.0991 e. The van der Waals surface area contributed by atoms with E-state index >= 15 is 0 Å². The third-order valence-corrected chi connectivity index (χ3v) is 2.18. The lowest BCUT2D eigenvalue weighted by Crippen LogP contribution is -2.04. The molecule has 0 spiro atoms. The highest BCUT2D eigenvalue weighted by Gasteiger charge is 2.09. The van der Waals surface area contributed by atoms with Gasteiger partial charge in [-0.25, -0.2) is 0 Å². The van der Waals surface area contributed by atoms with Gasteiger partial charge in [0.2, 0.25) is 0 Å². The molecule has 78 valence electrons. The highest BCUT2D eigenvalue weighted by molar-refractivity contribution is 7.99. The summed E-state index contributed by atoms with van der Waals surface area (Å²) >= 11 is 1.43. The van der Waals surface area contributed by atoms with Crippen molar-refractivity contribution in [2.75, 3.05) is 0 Å². The number of nitriles is 1. The van der Waals surface area contributed by atoms with E-state index in [2.05, 4.69) is 36.5 Å². The molecular weight excluding hydrogens is 206 g/mol. The molecule has 0 fully saturated rings. The lowest BCUT2D eigenvalue weighted by atomic mass is 10.2. The van der Waals surface area contributed by atoms with Gasteiger partial charge in [0, 0.05) is 16.7 Å². The lowest BCUT2D eigenvalue weighted by molar-refractivity contribution is 0.802. The van der Waals surface area contributed by atoms with E-state index in [4.69, 9.17) is 5.26 Å². The number of hydrogen-bond acceptors (Lipinski definition) is 4. The summed E-state index contributed by atoms with van der Waals surface area (Å²) in [4.78, 5) is 0. The normalized spacial score (nSPS) is 11.6. The monoisotopic (exact) mass is 219 g/mol. The Hall–Kier alpha value is -1.34. The molecule has 1 aromatic carbocycles. The van der Waals surface area contributed by atoms with Gasteiger partial charge in [-0.3, -0.25) is 0 Å². The van der Waals surface area contributed by atoms with Crippen LogP contribution in [0.15, 0.2) is 33.9 Å². The molecule has 0 bridgehead atoms. The van der Waals surface area contributed by atoms with E-state index in [-0.39, 0.29) is 4.75 Å². The van der Waals surface area contributed by atoms with Crippen LogP contribution < -0.4 is 0 Å². The van der Waals surface area contributed by atoms with Gasteiger partial charge in [0.1, 0.15) is 0 Å². The Balaban J connectivity index is 2.62. The molecule has 0 radical (unpaired) electrons. The van der Waals surface area contributed by atoms with Crippen LogP contribution in [0.1, 0.15) is 26.3 Å². The Kier molecular flexibility index (Phi) is 3.87. The largest absolute Gasteiger partial charge is 0.192 e. The topological polar surface area (TPSA) is 48.5 Å². The minimum atomic E-state index is 0.0795. The second-order valence-electron chi connectivity index (χ2n) is 4.04. The molecule has 0 atom stereocenters. The van der Waals surface area contributed by atoms with Crippen LogP contribution in [0.25, 0.3) is 0 Å². The van der Waals surface area contributed by atoms with E-state index in [1.807, 2.05) is 0 Å². The molecule has 0 aliphatic carbocycles. The molecule has 0 heterocycles. The van der Waals surface area contributed by atoms with Crippen LogP contribution in [0.2, 0.25) is 0 Å². The van der Waals surface area contributed by atoms with E-state index in [1.165, 1.54) is 11.9 Å². The fourth-order valence-corrected chi connectivity index (χ4v) is 1.17. The van der Waals surface area contributed by atoms with Crippen molar-refractivity contribution < 1.29 is 0 Å². The average molecular weight is 219 g/mol. The zero-order chi connectivity index (χ0) is 11.3. The van der Waals surface area contributed by atoms with Crippen molar-refractivity contribution in [2.45, 2.75) is 25.5 Å². The van der Waals surface area contributed by atoms with Crippen LogP contribution in [-0.2, 0) is 0 Å². The van der Waals surface area contributed by atoms with E-state index in [9.17, 15) is 0 Å². The van der Waals surface area contributed by atoms with E-state index in [1.54, 1.807) is 24.3 Å². The predicted molar refractivity (Wildman–Crippen MR) is 63.0 cm³/mol. The zero-order valence-corrected chi connectivity index (χ0v) is 9.88. The van der Waals surface area contributed by atoms with Crippen molar-refractivity contribution in [3.05, 3.63) is 29.8 Å². The average Bonchev–Trinajstić information content (AvgIpc) is 2.17. The highest BCUT2D eigenvalue weighted by Crippen LogP contribution is 2.26. The Morgan fingerprint density at radius 2 is 1.80 bits per heavy atom. The molecule has 1 rings (SSSR count). The van der Waals surface area contributed by atoms with Crippen molar-refractivity contribution >= 4 is 17.6 Å². The Morgan fingerprint density at radius 3 is 2.27 bits per heavy atom. The van der Waals surface area contributed by atoms with Crippen molar-refractivity contribution in [2.24, 2.45) is 9.63 Å². The summed E-state index contributed by atoms with van der Waals surface area (Å²) in [5.74, 6) is 0. The van der Waals surface area contributed by atoms with Crippen LogP contribution in [0.4, 0.5) is 5.69 Å². The van der Waals surface area contributed by atoms with Crippen LogP contribution >= 0.6 is 11.9 Å². The van der Waals surface area contributed by atoms with Crippen molar-refractivity contribution in [1.29, 1.82) is 5.26 Å². The standard InChI is InChI=1S/C11H13N3S/c1-11(2,3)15-14-13-10-6-4-9(8-12)5-7-10/h4-7H,1-3H3. The molecule has 4 heteroatoms. The molecular formula is C11H13N3S. The predicted octanol–water partition coefficient (Wildman–Crippen LogP) is 4.09. The molecule has 3 nitrogen and oxygen atoms in total. The van der Waals surface area contributed by atoms with Crippen molar-refractivity contribution in [1.82, 2.24) is 0 Å². The van der Waals surface area contributed by atoms with Crippen LogP contribution in [0, 0.1) is 11.3 Å². The summed E-state index contributed by atoms with van der Waals surface area (Å²) in [6.45, 7) is 6.24. The zero-order valence-electron chi connectivity index (χ0n) is 9.06. The summed E-state index contributed by atoms with van der Waals surface area (Å²) in [6.07, 6.45) is 0. The summed E-state index contributed by atoms with van der Waals surface area (Å²) in [5.41, 5.74) is 1.41. The number of rotatable bonds is 2. The first kappa shape index (κ1) is 11.7. The second-order valence-corrected chi connectivity index (χ2v) is 5.61. The van der Waals surface area contributed by atoms with Gasteiger partial charge in [-0.05, 0) is 45.0 Å². The first-order valence-electron chi connectivity index (χ1n) is 4.61. The van der Waals surface area contributed by atoms with Crippen LogP contribution in [0.5, 0.6) is 0 Å². The summed E-state index contributed by atoms with van der Waals surface area (Å²) in [5, 5.41) is 12.6. The maximum absolute atomic E-state index is 8.60. The van der Waals surface area contributed by atoms with E-state index < -0.39 is 0 Å². The maximum atomic E-state index is 8.60. The van der Waals surface area contributed by atoms with E-state index in [0.717, 1.165) is 5.69 Å². The molecule has 0 saturated carbocycles. The quantitative estimate of drug-likeness (QED) is 0.555. The molecule has 0 N–H and O–H groups in total. The van der Waals surface area contributed by atoms with Gasteiger partial charge in [-0.15, -0.1) is 9.63 Å². The third kappa shape index (κ3) is 4.61. The Morgan fingerprint density at radius 1 is 1.20 bits per heavy atom. The lowest BCUT2D eigenvalue weighted by Gasteiger charge is -2.10. The number of nitrogens with zero attached hydrogens (tertiary/aromatic N) is 3. The van der Waals surface area contributed by atoms with Gasteiger partial charge >= 0.3 is 0 Å². The Bertz CT molecular complexity index is 382. The van der Waals surface area contributed by atoms with Gasteiger partial charge in [0.05, 0.1) is 17.3 Å². The van der Waals surface area contributed by atoms with Gasteiger partial charge < -0.3 is 0 Å². The minimum absolute atomic E-state index is 0.0795. The third-order valence-electron chi connectivity index (χ3n) is 1.47. The first-order valence-corrected chi connectivity index (χ1v) is 5.38.